The zero-order chi connectivity index (χ0) is 19.5. The first-order chi connectivity index (χ1) is 13.6. The van der Waals surface area contributed by atoms with Gasteiger partial charge in [0.25, 0.3) is 0 Å². The highest BCUT2D eigenvalue weighted by Crippen LogP contribution is 2.28. The van der Waals surface area contributed by atoms with E-state index in [0.717, 1.165) is 39.2 Å². The molecule has 0 unspecified atom stereocenters. The minimum Gasteiger partial charge on any atom is -0.494 e. The van der Waals surface area contributed by atoms with E-state index in [2.05, 4.69) is 15.4 Å². The Labute approximate surface area is 168 Å². The maximum Gasteiger partial charge on any atom is 0.152 e. The van der Waals surface area contributed by atoms with Gasteiger partial charge in [-0.3, -0.25) is 4.68 Å². The van der Waals surface area contributed by atoms with Gasteiger partial charge in [0.2, 0.25) is 0 Å². The molecule has 0 spiro atoms. The molecule has 0 aliphatic heterocycles. The third-order valence-electron chi connectivity index (χ3n) is 4.34. The van der Waals surface area contributed by atoms with Crippen molar-refractivity contribution >= 4 is 23.1 Å². The zero-order valence-electron chi connectivity index (χ0n) is 15.6. The van der Waals surface area contributed by atoms with E-state index in [0.29, 0.717) is 6.54 Å². The number of hydrogen-bond donors (Lipinski definition) is 1. The number of anilines is 2. The van der Waals surface area contributed by atoms with E-state index in [1.165, 1.54) is 0 Å². The highest BCUT2D eigenvalue weighted by Gasteiger charge is 2.08. The van der Waals surface area contributed by atoms with Crippen LogP contribution in [-0.2, 0) is 6.54 Å². The number of benzene rings is 2. The second-order valence-electron chi connectivity index (χ2n) is 6.46. The molecule has 2 heterocycles. The Bertz CT molecular complexity index is 1080. The number of ether oxygens (including phenoxy) is 1. The minimum absolute atomic E-state index is 0.682. The first kappa shape index (κ1) is 18.1. The van der Waals surface area contributed by atoms with E-state index in [1.807, 2.05) is 77.1 Å². The molecular weight excluding hydrogens is 374 g/mol. The summed E-state index contributed by atoms with van der Waals surface area (Å²) < 4.78 is 9.38. The predicted molar refractivity (Wildman–Crippen MR) is 111 cm³/mol. The molecule has 0 aliphatic carbocycles. The lowest BCUT2D eigenvalue weighted by Crippen LogP contribution is -2.01. The van der Waals surface area contributed by atoms with Crippen LogP contribution in [0.1, 0.15) is 11.3 Å². The monoisotopic (exact) mass is 393 g/mol. The predicted octanol–water partition coefficient (Wildman–Crippen LogP) is 4.83. The standard InChI is InChI=1S/C21H20ClN5O/c1-15-12-26(14-23-15)19-8-7-18(11-20(19)28-2)24-21-9-10-27(25-21)13-16-3-5-17(22)6-4-16/h3-12,14H,13H2,1-2H3,(H,24,25). The van der Waals surface area contributed by atoms with Crippen molar-refractivity contribution in [3.8, 4) is 11.4 Å². The zero-order valence-corrected chi connectivity index (χ0v) is 16.4. The molecule has 0 amide bonds. The van der Waals surface area contributed by atoms with Crippen LogP contribution in [0.25, 0.3) is 5.69 Å². The Hall–Kier alpha value is -3.25. The van der Waals surface area contributed by atoms with Crippen LogP contribution in [0.5, 0.6) is 5.75 Å². The minimum atomic E-state index is 0.682. The van der Waals surface area contributed by atoms with Gasteiger partial charge >= 0.3 is 0 Å². The van der Waals surface area contributed by atoms with E-state index < -0.39 is 0 Å². The average Bonchev–Trinajstić information content (AvgIpc) is 3.32. The third kappa shape index (κ3) is 4.02. The van der Waals surface area contributed by atoms with Crippen LogP contribution in [0.4, 0.5) is 11.5 Å². The number of hydrogen-bond acceptors (Lipinski definition) is 4. The molecule has 1 N–H and O–H groups in total. The molecule has 28 heavy (non-hydrogen) atoms. The molecule has 0 radical (unpaired) electrons. The smallest absolute Gasteiger partial charge is 0.152 e. The van der Waals surface area contributed by atoms with Gasteiger partial charge < -0.3 is 14.6 Å². The molecular formula is C21H20ClN5O. The largest absolute Gasteiger partial charge is 0.494 e. The molecule has 4 aromatic rings. The van der Waals surface area contributed by atoms with Crippen molar-refractivity contribution in [3.63, 3.8) is 0 Å². The molecule has 0 aliphatic rings. The summed E-state index contributed by atoms with van der Waals surface area (Å²) in [6.45, 7) is 2.64. The Morgan fingerprint density at radius 3 is 2.64 bits per heavy atom. The van der Waals surface area contributed by atoms with Gasteiger partial charge in [0.05, 0.1) is 31.4 Å². The SMILES string of the molecule is COc1cc(Nc2ccn(Cc3ccc(Cl)cc3)n2)ccc1-n1cnc(C)c1. The van der Waals surface area contributed by atoms with Crippen LogP contribution in [0.15, 0.2) is 67.3 Å². The van der Waals surface area contributed by atoms with Crippen molar-refractivity contribution in [1.29, 1.82) is 0 Å². The average molecular weight is 394 g/mol. The van der Waals surface area contributed by atoms with E-state index in [1.54, 1.807) is 13.4 Å². The molecule has 2 aromatic carbocycles. The molecule has 7 heteroatoms. The summed E-state index contributed by atoms with van der Waals surface area (Å²) in [4.78, 5) is 4.27. The van der Waals surface area contributed by atoms with E-state index in [4.69, 9.17) is 16.3 Å². The normalized spacial score (nSPS) is 10.8. The topological polar surface area (TPSA) is 56.9 Å². The third-order valence-corrected chi connectivity index (χ3v) is 4.59. The maximum atomic E-state index is 5.94. The van der Waals surface area contributed by atoms with Crippen LogP contribution >= 0.6 is 11.6 Å². The Kier molecular flexibility index (Phi) is 5.04. The van der Waals surface area contributed by atoms with Gasteiger partial charge in [0.1, 0.15) is 5.75 Å². The molecule has 0 saturated carbocycles. The number of rotatable bonds is 6. The number of nitrogens with zero attached hydrogens (tertiary/aromatic N) is 4. The highest BCUT2D eigenvalue weighted by molar-refractivity contribution is 6.30. The van der Waals surface area contributed by atoms with Gasteiger partial charge in [0, 0.05) is 35.2 Å². The molecule has 0 fully saturated rings. The van der Waals surface area contributed by atoms with Crippen molar-refractivity contribution in [3.05, 3.63) is 83.5 Å². The Morgan fingerprint density at radius 1 is 1.11 bits per heavy atom. The number of aromatic nitrogens is 4. The fourth-order valence-electron chi connectivity index (χ4n) is 2.96. The molecule has 2 aromatic heterocycles. The first-order valence-electron chi connectivity index (χ1n) is 8.84. The van der Waals surface area contributed by atoms with E-state index in [9.17, 15) is 0 Å². The lowest BCUT2D eigenvalue weighted by Gasteiger charge is -2.11. The summed E-state index contributed by atoms with van der Waals surface area (Å²) in [5.41, 5.74) is 3.92. The second-order valence-corrected chi connectivity index (χ2v) is 6.90. The quantitative estimate of drug-likeness (QED) is 0.509. The number of methoxy groups -OCH3 is 1. The van der Waals surface area contributed by atoms with Gasteiger partial charge in [0.15, 0.2) is 5.82 Å². The van der Waals surface area contributed by atoms with Crippen molar-refractivity contribution in [2.45, 2.75) is 13.5 Å². The van der Waals surface area contributed by atoms with Crippen LogP contribution in [0.3, 0.4) is 0 Å². The fourth-order valence-corrected chi connectivity index (χ4v) is 3.09. The Morgan fingerprint density at radius 2 is 1.93 bits per heavy atom. The van der Waals surface area contributed by atoms with Gasteiger partial charge in [-0.1, -0.05) is 23.7 Å². The summed E-state index contributed by atoms with van der Waals surface area (Å²) in [7, 11) is 1.66. The number of nitrogens with one attached hydrogen (secondary N) is 1. The number of halogens is 1. The summed E-state index contributed by atoms with van der Waals surface area (Å²) in [5, 5.41) is 8.63. The highest BCUT2D eigenvalue weighted by atomic mass is 35.5. The summed E-state index contributed by atoms with van der Waals surface area (Å²) in [5.74, 6) is 1.52. The number of imidazole rings is 1. The first-order valence-corrected chi connectivity index (χ1v) is 9.22. The van der Waals surface area contributed by atoms with Crippen LogP contribution in [0.2, 0.25) is 5.02 Å². The van der Waals surface area contributed by atoms with Crippen LogP contribution < -0.4 is 10.1 Å². The van der Waals surface area contributed by atoms with Crippen molar-refractivity contribution in [2.24, 2.45) is 0 Å². The van der Waals surface area contributed by atoms with Gasteiger partial charge in [-0.2, -0.15) is 5.10 Å². The summed E-state index contributed by atoms with van der Waals surface area (Å²) >= 11 is 5.94. The van der Waals surface area contributed by atoms with Gasteiger partial charge in [-0.25, -0.2) is 4.98 Å². The number of aryl methyl sites for hydroxylation is 1. The van der Waals surface area contributed by atoms with Crippen molar-refractivity contribution in [1.82, 2.24) is 19.3 Å². The summed E-state index contributed by atoms with van der Waals surface area (Å²) in [6.07, 6.45) is 5.68. The molecule has 0 saturated heterocycles. The van der Waals surface area contributed by atoms with Crippen molar-refractivity contribution < 1.29 is 4.74 Å². The van der Waals surface area contributed by atoms with Crippen molar-refractivity contribution in [2.75, 3.05) is 12.4 Å². The molecule has 6 nitrogen and oxygen atoms in total. The Balaban J connectivity index is 1.50. The van der Waals surface area contributed by atoms with Gasteiger partial charge in [-0.15, -0.1) is 0 Å². The molecule has 0 atom stereocenters. The summed E-state index contributed by atoms with van der Waals surface area (Å²) in [6, 6.07) is 15.6. The van der Waals surface area contributed by atoms with Gasteiger partial charge in [-0.05, 0) is 36.8 Å². The lowest BCUT2D eigenvalue weighted by atomic mass is 10.2. The fraction of sp³-hybridized carbons (Fsp3) is 0.143. The van der Waals surface area contributed by atoms with Crippen LogP contribution in [0, 0.1) is 6.92 Å². The molecule has 142 valence electrons. The molecule has 0 bridgehead atoms. The van der Waals surface area contributed by atoms with E-state index >= 15 is 0 Å². The van der Waals surface area contributed by atoms with E-state index in [-0.39, 0.29) is 0 Å². The van der Waals surface area contributed by atoms with Crippen LogP contribution in [-0.4, -0.2) is 26.4 Å². The molecule has 4 rings (SSSR count). The second kappa shape index (κ2) is 7.78. The lowest BCUT2D eigenvalue weighted by molar-refractivity contribution is 0.413. The maximum absolute atomic E-state index is 5.94.